The highest BCUT2D eigenvalue weighted by Gasteiger charge is 2.15. The number of fused-ring (bicyclic) bond motifs is 4. The predicted molar refractivity (Wildman–Crippen MR) is 200 cm³/mol. The number of pyridine rings is 1. The van der Waals surface area contributed by atoms with Gasteiger partial charge in [0.2, 0.25) is 0 Å². The fraction of sp³-hybridized carbons (Fsp3) is 0. The van der Waals surface area contributed by atoms with Gasteiger partial charge in [-0.25, -0.2) is 9.97 Å². The second kappa shape index (κ2) is 11.7. The summed E-state index contributed by atoms with van der Waals surface area (Å²) in [7, 11) is 0. The smallest absolute Gasteiger partial charge is 0.160 e. The van der Waals surface area contributed by atoms with E-state index in [1.54, 1.807) is 6.20 Å². The van der Waals surface area contributed by atoms with Gasteiger partial charge in [0.05, 0.1) is 11.4 Å². The van der Waals surface area contributed by atoms with Gasteiger partial charge < -0.3 is 0 Å². The largest absolute Gasteiger partial charge is 0.264 e. The van der Waals surface area contributed by atoms with Gasteiger partial charge in [0.1, 0.15) is 0 Å². The number of aromatic nitrogens is 3. The third-order valence-corrected chi connectivity index (χ3v) is 9.15. The molecule has 2 heterocycles. The summed E-state index contributed by atoms with van der Waals surface area (Å²) in [5, 5.41) is 7.53. The first-order valence-corrected chi connectivity index (χ1v) is 16.2. The summed E-state index contributed by atoms with van der Waals surface area (Å²) in [6, 6.07) is 57.9. The minimum absolute atomic E-state index is 0.700. The van der Waals surface area contributed by atoms with Gasteiger partial charge >= 0.3 is 0 Å². The predicted octanol–water partition coefficient (Wildman–Crippen LogP) is 11.7. The second-order valence-corrected chi connectivity index (χ2v) is 12.1. The average molecular weight is 612 g/mol. The van der Waals surface area contributed by atoms with Crippen molar-refractivity contribution in [3.05, 3.63) is 176 Å². The third-order valence-electron chi connectivity index (χ3n) is 9.15. The Labute approximate surface area is 278 Å². The summed E-state index contributed by atoms with van der Waals surface area (Å²) >= 11 is 0. The van der Waals surface area contributed by atoms with E-state index < -0.39 is 0 Å². The van der Waals surface area contributed by atoms with E-state index in [0.29, 0.717) is 5.82 Å². The Hall–Kier alpha value is -6.45. The summed E-state index contributed by atoms with van der Waals surface area (Å²) in [6.45, 7) is 0. The van der Waals surface area contributed by atoms with E-state index in [9.17, 15) is 0 Å². The Morgan fingerprint density at radius 1 is 0.333 bits per heavy atom. The van der Waals surface area contributed by atoms with E-state index >= 15 is 0 Å². The highest BCUT2D eigenvalue weighted by atomic mass is 14.9. The van der Waals surface area contributed by atoms with E-state index in [-0.39, 0.29) is 0 Å². The van der Waals surface area contributed by atoms with Gasteiger partial charge in [-0.1, -0.05) is 140 Å². The number of hydrogen-bond acceptors (Lipinski definition) is 3. The van der Waals surface area contributed by atoms with E-state index in [2.05, 4.69) is 145 Å². The summed E-state index contributed by atoms with van der Waals surface area (Å²) < 4.78 is 0. The molecule has 224 valence electrons. The number of hydrogen-bond donors (Lipinski definition) is 0. The molecule has 9 rings (SSSR count). The van der Waals surface area contributed by atoms with Crippen LogP contribution in [-0.2, 0) is 0 Å². The molecule has 0 fully saturated rings. The van der Waals surface area contributed by atoms with Crippen LogP contribution in [-0.4, -0.2) is 15.0 Å². The minimum Gasteiger partial charge on any atom is -0.264 e. The first-order valence-electron chi connectivity index (χ1n) is 16.2. The van der Waals surface area contributed by atoms with Crippen molar-refractivity contribution in [1.82, 2.24) is 15.0 Å². The lowest BCUT2D eigenvalue weighted by Gasteiger charge is -2.15. The van der Waals surface area contributed by atoms with Crippen LogP contribution in [0, 0.1) is 0 Å². The van der Waals surface area contributed by atoms with Crippen molar-refractivity contribution in [3.63, 3.8) is 0 Å². The molecule has 0 radical (unpaired) electrons. The van der Waals surface area contributed by atoms with Gasteiger partial charge in [-0.15, -0.1) is 0 Å². The Kier molecular flexibility index (Phi) is 6.80. The number of rotatable bonds is 5. The fourth-order valence-electron chi connectivity index (χ4n) is 6.79. The number of nitrogens with zero attached hydrogens (tertiary/aromatic N) is 3. The summed E-state index contributed by atoms with van der Waals surface area (Å²) in [6.07, 6.45) is 3.69. The Balaban J connectivity index is 1.19. The molecule has 2 aromatic heterocycles. The van der Waals surface area contributed by atoms with Crippen LogP contribution in [0.25, 0.3) is 88.5 Å². The molecule has 7 aromatic carbocycles. The molecule has 48 heavy (non-hydrogen) atoms. The van der Waals surface area contributed by atoms with Gasteiger partial charge in [0.15, 0.2) is 5.82 Å². The lowest BCUT2D eigenvalue weighted by atomic mass is 9.89. The van der Waals surface area contributed by atoms with Crippen molar-refractivity contribution < 1.29 is 0 Å². The van der Waals surface area contributed by atoms with E-state index in [1.165, 1.54) is 43.4 Å². The molecule has 0 spiro atoms. The first-order chi connectivity index (χ1) is 23.8. The second-order valence-electron chi connectivity index (χ2n) is 12.1. The zero-order valence-corrected chi connectivity index (χ0v) is 26.1. The maximum atomic E-state index is 5.10. The molecule has 0 N–H and O–H groups in total. The maximum absolute atomic E-state index is 5.10. The quantitative estimate of drug-likeness (QED) is 0.144. The lowest BCUT2D eigenvalue weighted by Crippen LogP contribution is -1.96. The monoisotopic (exact) mass is 611 g/mol. The molecule has 0 aliphatic carbocycles. The zero-order chi connectivity index (χ0) is 31.9. The van der Waals surface area contributed by atoms with Crippen molar-refractivity contribution in [2.45, 2.75) is 0 Å². The van der Waals surface area contributed by atoms with Crippen LogP contribution in [0.4, 0.5) is 0 Å². The molecule has 0 unspecified atom stereocenters. The van der Waals surface area contributed by atoms with Gasteiger partial charge in [0, 0.05) is 34.6 Å². The van der Waals surface area contributed by atoms with Gasteiger partial charge in [0.25, 0.3) is 0 Å². The third kappa shape index (κ3) is 4.99. The summed E-state index contributed by atoms with van der Waals surface area (Å²) in [4.78, 5) is 14.5. The van der Waals surface area contributed by atoms with Gasteiger partial charge in [-0.3, -0.25) is 4.98 Å². The van der Waals surface area contributed by atoms with E-state index in [1.807, 2.05) is 30.5 Å². The van der Waals surface area contributed by atoms with Crippen molar-refractivity contribution in [2.75, 3.05) is 0 Å². The summed E-state index contributed by atoms with van der Waals surface area (Å²) in [5.74, 6) is 0.700. The molecule has 0 saturated carbocycles. The Morgan fingerprint density at radius 2 is 1.00 bits per heavy atom. The van der Waals surface area contributed by atoms with Crippen molar-refractivity contribution in [3.8, 4) is 56.2 Å². The zero-order valence-electron chi connectivity index (χ0n) is 26.1. The van der Waals surface area contributed by atoms with Crippen LogP contribution in [0.5, 0.6) is 0 Å². The summed E-state index contributed by atoms with van der Waals surface area (Å²) in [5.41, 5.74) is 9.41. The number of benzene rings is 7. The molecule has 3 heteroatoms. The van der Waals surface area contributed by atoms with Crippen molar-refractivity contribution >= 4 is 32.3 Å². The molecule has 0 amide bonds. The first kappa shape index (κ1) is 27.8. The standard InChI is InChI=1S/C45H29N3/c1-2-11-33(12-3-1)45-47-42(28-43(48-45)36-15-8-14-34(26-36)37-16-9-25-46-29-37)31-19-21-32(22-20-31)44-39-18-7-5-13-35(39)27-41-38-17-6-4-10-30(38)23-24-40(41)44/h1-29H. The average Bonchev–Trinajstić information content (AvgIpc) is 3.17. The minimum atomic E-state index is 0.700. The van der Waals surface area contributed by atoms with Crippen LogP contribution in [0.15, 0.2) is 176 Å². The van der Waals surface area contributed by atoms with Crippen LogP contribution in [0.3, 0.4) is 0 Å². The normalized spacial score (nSPS) is 11.3. The van der Waals surface area contributed by atoms with E-state index in [0.717, 1.165) is 39.2 Å². The van der Waals surface area contributed by atoms with Crippen molar-refractivity contribution in [2.24, 2.45) is 0 Å². The molecule has 3 nitrogen and oxygen atoms in total. The molecule has 0 aliphatic rings. The molecule has 0 atom stereocenters. The van der Waals surface area contributed by atoms with Crippen LogP contribution in [0.2, 0.25) is 0 Å². The SMILES string of the molecule is c1ccc(-c2nc(-c3ccc(-c4c5ccccc5cc5c4ccc4ccccc45)cc3)cc(-c3cccc(-c4cccnc4)c3)n2)cc1. The van der Waals surface area contributed by atoms with Gasteiger partial charge in [-0.2, -0.15) is 0 Å². The van der Waals surface area contributed by atoms with Gasteiger partial charge in [-0.05, 0) is 73.3 Å². The topological polar surface area (TPSA) is 38.7 Å². The molecule has 0 saturated heterocycles. The molecule has 0 aliphatic heterocycles. The highest BCUT2D eigenvalue weighted by molar-refractivity contribution is 6.20. The van der Waals surface area contributed by atoms with Crippen LogP contribution < -0.4 is 0 Å². The molecule has 0 bridgehead atoms. The van der Waals surface area contributed by atoms with Crippen LogP contribution >= 0.6 is 0 Å². The molecular formula is C45H29N3. The Morgan fingerprint density at radius 3 is 1.81 bits per heavy atom. The van der Waals surface area contributed by atoms with E-state index in [4.69, 9.17) is 9.97 Å². The van der Waals surface area contributed by atoms with Crippen LogP contribution in [0.1, 0.15) is 0 Å². The lowest BCUT2D eigenvalue weighted by molar-refractivity contribution is 1.18. The molecule has 9 aromatic rings. The van der Waals surface area contributed by atoms with Crippen molar-refractivity contribution in [1.29, 1.82) is 0 Å². The Bertz CT molecular complexity index is 2590. The maximum Gasteiger partial charge on any atom is 0.160 e. The highest BCUT2D eigenvalue weighted by Crippen LogP contribution is 2.40. The fourth-order valence-corrected chi connectivity index (χ4v) is 6.79. The molecular weight excluding hydrogens is 583 g/mol.